The van der Waals surface area contributed by atoms with Gasteiger partial charge in [0.2, 0.25) is 5.43 Å². The van der Waals surface area contributed by atoms with E-state index < -0.39 is 5.97 Å². The van der Waals surface area contributed by atoms with E-state index in [9.17, 15) is 14.7 Å². The first-order chi connectivity index (χ1) is 16.9. The highest BCUT2D eigenvalue weighted by Crippen LogP contribution is 2.39. The molecular formula is C27H24O8. The van der Waals surface area contributed by atoms with E-state index in [4.69, 9.17) is 23.4 Å². The lowest BCUT2D eigenvalue weighted by Gasteiger charge is -2.15. The minimum Gasteiger partial charge on any atom is -0.497 e. The number of carboxylic acid groups (broad SMARTS) is 1. The van der Waals surface area contributed by atoms with Crippen LogP contribution in [-0.4, -0.2) is 39.5 Å². The number of carbonyl (C=O) groups is 1. The van der Waals surface area contributed by atoms with Crippen LogP contribution in [0.5, 0.6) is 23.0 Å². The summed E-state index contributed by atoms with van der Waals surface area (Å²) in [5.74, 6) is 1.10. The molecule has 1 N–H and O–H groups in total. The van der Waals surface area contributed by atoms with Gasteiger partial charge in [-0.2, -0.15) is 0 Å². The average Bonchev–Trinajstić information content (AvgIpc) is 2.88. The van der Waals surface area contributed by atoms with Crippen molar-refractivity contribution >= 4 is 16.9 Å². The molecule has 0 bridgehead atoms. The van der Waals surface area contributed by atoms with E-state index in [0.717, 1.165) is 0 Å². The summed E-state index contributed by atoms with van der Waals surface area (Å²) in [5, 5.41) is 9.74. The van der Waals surface area contributed by atoms with Gasteiger partial charge in [0.25, 0.3) is 0 Å². The number of ether oxygens (including phenoxy) is 4. The number of carboxylic acids is 1. The van der Waals surface area contributed by atoms with Crippen molar-refractivity contribution in [1.29, 1.82) is 0 Å². The second-order valence-electron chi connectivity index (χ2n) is 7.63. The average molecular weight is 476 g/mol. The van der Waals surface area contributed by atoms with E-state index in [1.165, 1.54) is 21.3 Å². The molecule has 0 saturated carbocycles. The van der Waals surface area contributed by atoms with Crippen LogP contribution in [0.25, 0.3) is 33.4 Å². The van der Waals surface area contributed by atoms with Gasteiger partial charge in [-0.1, -0.05) is 12.1 Å². The van der Waals surface area contributed by atoms with E-state index in [2.05, 4.69) is 0 Å². The Morgan fingerprint density at radius 1 is 0.800 bits per heavy atom. The molecule has 35 heavy (non-hydrogen) atoms. The number of hydrogen-bond donors (Lipinski definition) is 1. The lowest BCUT2D eigenvalue weighted by Crippen LogP contribution is -2.11. The van der Waals surface area contributed by atoms with Crippen LogP contribution in [0.2, 0.25) is 0 Å². The third-order valence-corrected chi connectivity index (χ3v) is 5.69. The lowest BCUT2D eigenvalue weighted by molar-refractivity contribution is -0.136. The second kappa shape index (κ2) is 9.80. The molecular weight excluding hydrogens is 452 g/mol. The van der Waals surface area contributed by atoms with E-state index in [1.807, 2.05) is 0 Å². The monoisotopic (exact) mass is 476 g/mol. The van der Waals surface area contributed by atoms with Crippen LogP contribution in [0.15, 0.2) is 63.8 Å². The van der Waals surface area contributed by atoms with Gasteiger partial charge < -0.3 is 28.5 Å². The highest BCUT2D eigenvalue weighted by atomic mass is 16.5. The summed E-state index contributed by atoms with van der Waals surface area (Å²) in [6.45, 7) is 0. The number of rotatable bonds is 8. The zero-order valence-electron chi connectivity index (χ0n) is 19.7. The minimum absolute atomic E-state index is 0.152. The molecule has 4 rings (SSSR count). The molecule has 0 amide bonds. The summed E-state index contributed by atoms with van der Waals surface area (Å²) in [5.41, 5.74) is 1.60. The Morgan fingerprint density at radius 2 is 1.43 bits per heavy atom. The molecule has 0 aliphatic carbocycles. The first kappa shape index (κ1) is 23.7. The highest BCUT2D eigenvalue weighted by molar-refractivity contribution is 5.93. The molecule has 4 aromatic rings. The van der Waals surface area contributed by atoms with E-state index in [-0.39, 0.29) is 34.1 Å². The Morgan fingerprint density at radius 3 is 2.03 bits per heavy atom. The molecule has 0 atom stereocenters. The van der Waals surface area contributed by atoms with Crippen molar-refractivity contribution in [3.8, 4) is 45.4 Å². The van der Waals surface area contributed by atoms with Gasteiger partial charge in [-0.3, -0.25) is 9.59 Å². The number of benzene rings is 3. The maximum atomic E-state index is 13.9. The van der Waals surface area contributed by atoms with Gasteiger partial charge in [0.1, 0.15) is 22.8 Å². The third-order valence-electron chi connectivity index (χ3n) is 5.69. The molecule has 3 aromatic carbocycles. The standard InChI is InChI=1S/C27H24O8/c1-31-17-8-5-15(6-9-17)24-25(30)18-10-12-20(32-2)19(14-23(28)29)27(18)35-26(24)16-7-11-21(33-3)22(13-16)34-4/h5-13H,14H2,1-4H3,(H,28,29). The highest BCUT2D eigenvalue weighted by Gasteiger charge is 2.23. The van der Waals surface area contributed by atoms with Gasteiger partial charge in [0, 0.05) is 11.1 Å². The van der Waals surface area contributed by atoms with Crippen LogP contribution in [-0.2, 0) is 11.2 Å². The van der Waals surface area contributed by atoms with Crippen LogP contribution >= 0.6 is 0 Å². The Bertz CT molecular complexity index is 1450. The second-order valence-corrected chi connectivity index (χ2v) is 7.63. The number of fused-ring (bicyclic) bond motifs is 1. The van der Waals surface area contributed by atoms with Crippen molar-refractivity contribution < 1.29 is 33.3 Å². The molecule has 0 fully saturated rings. The van der Waals surface area contributed by atoms with Gasteiger partial charge in [0.15, 0.2) is 11.5 Å². The van der Waals surface area contributed by atoms with Crippen molar-refractivity contribution in [2.45, 2.75) is 6.42 Å². The third kappa shape index (κ3) is 4.38. The van der Waals surface area contributed by atoms with Gasteiger partial charge in [-0.05, 0) is 48.0 Å². The molecule has 0 radical (unpaired) electrons. The summed E-state index contributed by atoms with van der Waals surface area (Å²) >= 11 is 0. The SMILES string of the molecule is COc1ccc(-c2c(-c3ccc(OC)c(OC)c3)oc3c(CC(=O)O)c(OC)ccc3c2=O)cc1. The summed E-state index contributed by atoms with van der Waals surface area (Å²) in [7, 11) is 6.04. The fourth-order valence-corrected chi connectivity index (χ4v) is 4.01. The number of aliphatic carboxylic acids is 1. The van der Waals surface area contributed by atoms with Gasteiger partial charge in [-0.25, -0.2) is 0 Å². The summed E-state index contributed by atoms with van der Waals surface area (Å²) in [6.07, 6.45) is -0.378. The first-order valence-corrected chi connectivity index (χ1v) is 10.7. The number of hydrogen-bond acceptors (Lipinski definition) is 7. The van der Waals surface area contributed by atoms with Gasteiger partial charge in [-0.15, -0.1) is 0 Å². The Kier molecular flexibility index (Phi) is 6.64. The first-order valence-electron chi connectivity index (χ1n) is 10.7. The minimum atomic E-state index is -1.08. The van der Waals surface area contributed by atoms with Crippen molar-refractivity contribution in [2.75, 3.05) is 28.4 Å². The number of methoxy groups -OCH3 is 4. The maximum Gasteiger partial charge on any atom is 0.308 e. The van der Waals surface area contributed by atoms with Gasteiger partial charge in [0.05, 0.1) is 45.8 Å². The maximum absolute atomic E-state index is 13.9. The van der Waals surface area contributed by atoms with Crippen LogP contribution < -0.4 is 24.4 Å². The molecule has 0 spiro atoms. The fraction of sp³-hybridized carbons (Fsp3) is 0.185. The Hall–Kier alpha value is -4.46. The quantitative estimate of drug-likeness (QED) is 0.387. The molecule has 1 aromatic heterocycles. The lowest BCUT2D eigenvalue weighted by atomic mass is 9.96. The zero-order chi connectivity index (χ0) is 25.1. The predicted molar refractivity (Wildman–Crippen MR) is 131 cm³/mol. The Balaban J connectivity index is 2.11. The van der Waals surface area contributed by atoms with Crippen LogP contribution in [0.4, 0.5) is 0 Å². The summed E-state index contributed by atoms with van der Waals surface area (Å²) in [4.78, 5) is 25.5. The topological polar surface area (TPSA) is 104 Å². The van der Waals surface area contributed by atoms with Gasteiger partial charge >= 0.3 is 5.97 Å². The molecule has 1 heterocycles. The van der Waals surface area contributed by atoms with Crippen molar-refractivity contribution in [3.63, 3.8) is 0 Å². The smallest absolute Gasteiger partial charge is 0.308 e. The zero-order valence-corrected chi connectivity index (χ0v) is 19.7. The fourth-order valence-electron chi connectivity index (χ4n) is 4.01. The van der Waals surface area contributed by atoms with Crippen molar-refractivity contribution in [2.24, 2.45) is 0 Å². The normalized spacial score (nSPS) is 10.7. The van der Waals surface area contributed by atoms with E-state index in [1.54, 1.807) is 61.7 Å². The molecule has 0 aliphatic rings. The Labute approximate surface area is 201 Å². The van der Waals surface area contributed by atoms with Crippen LogP contribution in [0, 0.1) is 0 Å². The van der Waals surface area contributed by atoms with E-state index in [0.29, 0.717) is 39.7 Å². The summed E-state index contributed by atoms with van der Waals surface area (Å²) in [6, 6.07) is 15.3. The molecule has 180 valence electrons. The van der Waals surface area contributed by atoms with Crippen LogP contribution in [0.3, 0.4) is 0 Å². The molecule has 8 nitrogen and oxygen atoms in total. The largest absolute Gasteiger partial charge is 0.497 e. The van der Waals surface area contributed by atoms with E-state index >= 15 is 0 Å². The van der Waals surface area contributed by atoms with Crippen molar-refractivity contribution in [1.82, 2.24) is 0 Å². The molecule has 0 aliphatic heterocycles. The van der Waals surface area contributed by atoms with Crippen LogP contribution in [0.1, 0.15) is 5.56 Å². The molecule has 8 heteroatoms. The van der Waals surface area contributed by atoms with Crippen molar-refractivity contribution in [3.05, 3.63) is 70.4 Å². The summed E-state index contributed by atoms with van der Waals surface area (Å²) < 4.78 is 27.8. The molecule has 0 unspecified atom stereocenters. The molecule has 0 saturated heterocycles. The predicted octanol–water partition coefficient (Wildman–Crippen LogP) is 4.79.